The summed E-state index contributed by atoms with van der Waals surface area (Å²) in [5.74, 6) is -1.07. The van der Waals surface area contributed by atoms with Gasteiger partial charge < -0.3 is 15.4 Å². The van der Waals surface area contributed by atoms with Gasteiger partial charge in [-0.1, -0.05) is 23.7 Å². The number of thiocarbonyl (C=S) groups is 1. The molecule has 124 valence electrons. The molecule has 1 aromatic carbocycles. The van der Waals surface area contributed by atoms with Crippen LogP contribution < -0.4 is 10.6 Å². The van der Waals surface area contributed by atoms with Crippen LogP contribution in [-0.4, -0.2) is 23.9 Å². The Kier molecular flexibility index (Phi) is 5.16. The van der Waals surface area contributed by atoms with E-state index in [4.69, 9.17) is 28.6 Å². The minimum atomic E-state index is -4.78. The Labute approximate surface area is 140 Å². The molecular weight excluding hydrogens is 353 g/mol. The first-order valence-electron chi connectivity index (χ1n) is 6.55. The van der Waals surface area contributed by atoms with Gasteiger partial charge in [-0.15, -0.1) is 0 Å². The molecule has 1 aromatic rings. The Morgan fingerprint density at radius 3 is 2.48 bits per heavy atom. The number of hydrogen-bond donors (Lipinski definition) is 2. The summed E-state index contributed by atoms with van der Waals surface area (Å²) in [5.41, 5.74) is -1.39. The molecule has 0 fully saturated rings. The Balaban J connectivity index is 2.59. The van der Waals surface area contributed by atoms with Crippen LogP contribution in [0.2, 0.25) is 5.02 Å². The van der Waals surface area contributed by atoms with Crippen molar-refractivity contribution in [1.82, 2.24) is 10.6 Å². The first-order valence-corrected chi connectivity index (χ1v) is 7.34. The minimum Gasteiger partial charge on any atom is -0.463 e. The number of rotatable bonds is 3. The maximum atomic E-state index is 13.3. The van der Waals surface area contributed by atoms with Crippen molar-refractivity contribution in [2.24, 2.45) is 0 Å². The van der Waals surface area contributed by atoms with Crippen LogP contribution >= 0.6 is 23.8 Å². The summed E-state index contributed by atoms with van der Waals surface area (Å²) in [6.07, 6.45) is -4.78. The van der Waals surface area contributed by atoms with Crippen LogP contribution in [0.5, 0.6) is 0 Å². The van der Waals surface area contributed by atoms with Crippen molar-refractivity contribution in [3.63, 3.8) is 0 Å². The summed E-state index contributed by atoms with van der Waals surface area (Å²) in [6.45, 7) is 1.46. The monoisotopic (exact) mass is 364 g/mol. The highest BCUT2D eigenvalue weighted by Crippen LogP contribution is 2.35. The Bertz CT molecular complexity index is 659. The lowest BCUT2D eigenvalue weighted by molar-refractivity contribution is -0.140. The van der Waals surface area contributed by atoms with Gasteiger partial charge in [-0.2, -0.15) is 13.2 Å². The van der Waals surface area contributed by atoms with Crippen LogP contribution in [0.3, 0.4) is 0 Å². The predicted molar refractivity (Wildman–Crippen MR) is 82.8 cm³/mol. The van der Waals surface area contributed by atoms with Gasteiger partial charge in [0, 0.05) is 5.02 Å². The third-order valence-corrected chi connectivity index (χ3v) is 3.53. The number of nitrogens with one attached hydrogen (secondary N) is 2. The van der Waals surface area contributed by atoms with Gasteiger partial charge in [0.25, 0.3) is 0 Å². The molecule has 9 heteroatoms. The maximum Gasteiger partial charge on any atom is 0.431 e. The van der Waals surface area contributed by atoms with Crippen LogP contribution in [-0.2, 0) is 9.53 Å². The van der Waals surface area contributed by atoms with E-state index in [0.717, 1.165) is 0 Å². The summed E-state index contributed by atoms with van der Waals surface area (Å²) in [7, 11) is 0. The van der Waals surface area contributed by atoms with Crippen molar-refractivity contribution in [2.45, 2.75) is 19.1 Å². The third kappa shape index (κ3) is 3.94. The molecule has 0 radical (unpaired) electrons. The molecule has 0 aliphatic carbocycles. The number of carbonyl (C=O) groups is 1. The van der Waals surface area contributed by atoms with E-state index < -0.39 is 29.5 Å². The largest absolute Gasteiger partial charge is 0.463 e. The molecule has 0 bridgehead atoms. The first-order chi connectivity index (χ1) is 10.7. The first kappa shape index (κ1) is 17.6. The maximum absolute atomic E-state index is 13.3. The number of esters is 1. The summed E-state index contributed by atoms with van der Waals surface area (Å²) in [5, 5.41) is 4.86. The Morgan fingerprint density at radius 1 is 1.35 bits per heavy atom. The van der Waals surface area contributed by atoms with E-state index in [1.54, 1.807) is 0 Å². The molecule has 0 spiro atoms. The fourth-order valence-electron chi connectivity index (χ4n) is 2.12. The average Bonchev–Trinajstić information content (AvgIpc) is 2.46. The molecule has 23 heavy (non-hydrogen) atoms. The number of alkyl halides is 3. The van der Waals surface area contributed by atoms with Crippen LogP contribution in [0, 0.1) is 0 Å². The fraction of sp³-hybridized carbons (Fsp3) is 0.286. The zero-order chi connectivity index (χ0) is 17.2. The van der Waals surface area contributed by atoms with E-state index in [0.29, 0.717) is 10.6 Å². The van der Waals surface area contributed by atoms with E-state index in [-0.39, 0.29) is 11.7 Å². The smallest absolute Gasteiger partial charge is 0.431 e. The Morgan fingerprint density at radius 2 is 1.96 bits per heavy atom. The van der Waals surface area contributed by atoms with Crippen molar-refractivity contribution in [2.75, 3.05) is 6.61 Å². The molecule has 4 nitrogen and oxygen atoms in total. The molecule has 1 atom stereocenters. The standard InChI is InChI=1S/C14H12ClF3N2O2S/c1-2-22-12(21)9-10(7-3-5-8(15)6-4-7)19-13(23)20-11(9)14(16,17)18/h3-6,10H,2H2,1H3,(H2,19,20,23). The number of allylic oxidation sites excluding steroid dienone is 1. The van der Waals surface area contributed by atoms with Crippen molar-refractivity contribution in [3.05, 3.63) is 46.1 Å². The van der Waals surface area contributed by atoms with Crippen molar-refractivity contribution in [3.8, 4) is 0 Å². The lowest BCUT2D eigenvalue weighted by Crippen LogP contribution is -2.49. The second-order valence-electron chi connectivity index (χ2n) is 4.59. The van der Waals surface area contributed by atoms with Crippen LogP contribution in [0.4, 0.5) is 13.2 Å². The number of ether oxygens (including phenoxy) is 1. The molecule has 1 aliphatic heterocycles. The van der Waals surface area contributed by atoms with Crippen molar-refractivity contribution >= 4 is 34.9 Å². The van der Waals surface area contributed by atoms with Gasteiger partial charge in [0.1, 0.15) is 5.70 Å². The molecule has 0 saturated heterocycles. The van der Waals surface area contributed by atoms with Crippen molar-refractivity contribution in [1.29, 1.82) is 0 Å². The second kappa shape index (κ2) is 6.76. The lowest BCUT2D eigenvalue weighted by Gasteiger charge is -2.31. The van der Waals surface area contributed by atoms with Crippen LogP contribution in [0.1, 0.15) is 18.5 Å². The molecular formula is C14H12ClF3N2O2S. The average molecular weight is 365 g/mol. The van der Waals surface area contributed by atoms with Gasteiger partial charge in [-0.3, -0.25) is 0 Å². The molecule has 0 amide bonds. The van der Waals surface area contributed by atoms with Gasteiger partial charge in [-0.25, -0.2) is 4.79 Å². The van der Waals surface area contributed by atoms with E-state index in [1.165, 1.54) is 31.2 Å². The highest BCUT2D eigenvalue weighted by Gasteiger charge is 2.44. The highest BCUT2D eigenvalue weighted by atomic mass is 35.5. The van der Waals surface area contributed by atoms with Gasteiger partial charge in [-0.05, 0) is 36.8 Å². The van der Waals surface area contributed by atoms with E-state index in [2.05, 4.69) is 5.32 Å². The van der Waals surface area contributed by atoms with E-state index in [9.17, 15) is 18.0 Å². The minimum absolute atomic E-state index is 0.0503. The summed E-state index contributed by atoms with van der Waals surface area (Å²) >= 11 is 10.6. The van der Waals surface area contributed by atoms with Gasteiger partial charge in [0.15, 0.2) is 5.11 Å². The van der Waals surface area contributed by atoms with E-state index >= 15 is 0 Å². The number of halogens is 4. The summed E-state index contributed by atoms with van der Waals surface area (Å²) in [4.78, 5) is 12.1. The highest BCUT2D eigenvalue weighted by molar-refractivity contribution is 7.80. The third-order valence-electron chi connectivity index (χ3n) is 3.05. The second-order valence-corrected chi connectivity index (χ2v) is 5.43. The summed E-state index contributed by atoms with van der Waals surface area (Å²) < 4.78 is 44.6. The number of hydrogen-bond acceptors (Lipinski definition) is 3. The van der Waals surface area contributed by atoms with Gasteiger partial charge >= 0.3 is 12.1 Å². The predicted octanol–water partition coefficient (Wildman–Crippen LogP) is 3.24. The number of benzene rings is 1. The molecule has 1 aliphatic rings. The summed E-state index contributed by atoms with van der Waals surface area (Å²) in [6, 6.07) is 4.97. The van der Waals surface area contributed by atoms with Crippen LogP contribution in [0.15, 0.2) is 35.5 Å². The van der Waals surface area contributed by atoms with Crippen LogP contribution in [0.25, 0.3) is 0 Å². The molecule has 0 saturated carbocycles. The number of carbonyl (C=O) groups excluding carboxylic acids is 1. The van der Waals surface area contributed by atoms with Gasteiger partial charge in [0.2, 0.25) is 0 Å². The normalized spacial score (nSPS) is 18.3. The topological polar surface area (TPSA) is 50.4 Å². The zero-order valence-electron chi connectivity index (χ0n) is 11.8. The fourth-order valence-corrected chi connectivity index (χ4v) is 2.47. The molecule has 1 heterocycles. The zero-order valence-corrected chi connectivity index (χ0v) is 13.4. The SMILES string of the molecule is CCOC(=O)C1=C(C(F)(F)F)NC(=S)NC1c1ccc(Cl)cc1. The Hall–Kier alpha value is -1.80. The van der Waals surface area contributed by atoms with Crippen molar-refractivity contribution < 1.29 is 22.7 Å². The quantitative estimate of drug-likeness (QED) is 0.637. The molecule has 0 aromatic heterocycles. The van der Waals surface area contributed by atoms with Gasteiger partial charge in [0.05, 0.1) is 18.2 Å². The molecule has 2 rings (SSSR count). The molecule has 1 unspecified atom stereocenters. The molecule has 2 N–H and O–H groups in total. The van der Waals surface area contributed by atoms with E-state index in [1.807, 2.05) is 5.32 Å². The lowest BCUT2D eigenvalue weighted by atomic mass is 9.95.